The quantitative estimate of drug-likeness (QED) is 0.840. The van der Waals surface area contributed by atoms with Crippen LogP contribution in [-0.4, -0.2) is 17.0 Å². The Labute approximate surface area is 97.5 Å². The third-order valence-electron chi connectivity index (χ3n) is 2.27. The van der Waals surface area contributed by atoms with E-state index in [9.17, 15) is 9.18 Å². The molecule has 0 aliphatic rings. The molecule has 1 aromatic heterocycles. The van der Waals surface area contributed by atoms with Gasteiger partial charge in [0.25, 0.3) is 5.56 Å². The van der Waals surface area contributed by atoms with E-state index in [0.717, 1.165) is 0 Å². The van der Waals surface area contributed by atoms with Gasteiger partial charge in [-0.1, -0.05) is 0 Å². The summed E-state index contributed by atoms with van der Waals surface area (Å²) in [6.45, 7) is 0.512. The van der Waals surface area contributed by atoms with Crippen LogP contribution in [0.15, 0.2) is 35.1 Å². The first kappa shape index (κ1) is 11.5. The van der Waals surface area contributed by atoms with Gasteiger partial charge in [-0.3, -0.25) is 4.79 Å². The van der Waals surface area contributed by atoms with Crippen LogP contribution in [0.1, 0.15) is 5.69 Å². The third kappa shape index (κ3) is 2.76. The Morgan fingerprint density at radius 1 is 1.35 bits per heavy atom. The first-order chi connectivity index (χ1) is 8.19. The van der Waals surface area contributed by atoms with Crippen molar-refractivity contribution in [1.82, 2.24) is 15.3 Å². The van der Waals surface area contributed by atoms with E-state index in [0.29, 0.717) is 23.6 Å². The molecule has 1 heterocycles. The van der Waals surface area contributed by atoms with Crippen LogP contribution in [-0.2, 0) is 6.54 Å². The molecule has 2 N–H and O–H groups in total. The van der Waals surface area contributed by atoms with Crippen molar-refractivity contribution in [3.63, 3.8) is 0 Å². The number of nitrogens with zero attached hydrogens (tertiary/aromatic N) is 1. The number of benzene rings is 1. The van der Waals surface area contributed by atoms with Gasteiger partial charge in [0.1, 0.15) is 11.6 Å². The second-order valence-electron chi connectivity index (χ2n) is 3.62. The standard InChI is InChI=1S/C12H12FN3O/c1-14-7-10-6-11(17)16-12(15-10)8-2-4-9(13)5-3-8/h2-6,14H,7H2,1H3,(H,15,16,17). The van der Waals surface area contributed by atoms with Crippen LogP contribution in [0.2, 0.25) is 0 Å². The van der Waals surface area contributed by atoms with Crippen LogP contribution in [0.5, 0.6) is 0 Å². The molecule has 4 nitrogen and oxygen atoms in total. The molecule has 0 saturated heterocycles. The molecule has 2 rings (SSSR count). The van der Waals surface area contributed by atoms with Crippen LogP contribution in [0.3, 0.4) is 0 Å². The fraction of sp³-hybridized carbons (Fsp3) is 0.167. The van der Waals surface area contributed by atoms with E-state index in [4.69, 9.17) is 0 Å². The monoisotopic (exact) mass is 233 g/mol. The molecule has 0 bridgehead atoms. The number of H-pyrrole nitrogens is 1. The number of hydrogen-bond donors (Lipinski definition) is 2. The lowest BCUT2D eigenvalue weighted by atomic mass is 10.2. The van der Waals surface area contributed by atoms with E-state index < -0.39 is 0 Å². The predicted molar refractivity (Wildman–Crippen MR) is 63.0 cm³/mol. The molecule has 0 saturated carbocycles. The molecule has 0 fully saturated rings. The van der Waals surface area contributed by atoms with Crippen molar-refractivity contribution in [2.24, 2.45) is 0 Å². The highest BCUT2D eigenvalue weighted by molar-refractivity contribution is 5.54. The molecule has 0 aliphatic heterocycles. The summed E-state index contributed by atoms with van der Waals surface area (Å²) < 4.78 is 12.8. The smallest absolute Gasteiger partial charge is 0.251 e. The fourth-order valence-corrected chi connectivity index (χ4v) is 1.52. The third-order valence-corrected chi connectivity index (χ3v) is 2.27. The number of nitrogens with one attached hydrogen (secondary N) is 2. The van der Waals surface area contributed by atoms with Gasteiger partial charge in [0.05, 0.1) is 5.69 Å². The minimum Gasteiger partial charge on any atom is -0.314 e. The zero-order chi connectivity index (χ0) is 12.3. The molecule has 0 atom stereocenters. The van der Waals surface area contributed by atoms with E-state index in [-0.39, 0.29) is 11.4 Å². The molecule has 0 spiro atoms. The summed E-state index contributed by atoms with van der Waals surface area (Å²) in [5.41, 5.74) is 1.11. The number of hydrogen-bond acceptors (Lipinski definition) is 3. The molecule has 88 valence electrons. The van der Waals surface area contributed by atoms with E-state index in [1.165, 1.54) is 18.2 Å². The summed E-state index contributed by atoms with van der Waals surface area (Å²) in [6.07, 6.45) is 0. The summed E-state index contributed by atoms with van der Waals surface area (Å²) in [7, 11) is 1.78. The van der Waals surface area contributed by atoms with Gasteiger partial charge < -0.3 is 10.3 Å². The van der Waals surface area contributed by atoms with Gasteiger partial charge in [0, 0.05) is 18.2 Å². The van der Waals surface area contributed by atoms with E-state index >= 15 is 0 Å². The molecule has 0 unspecified atom stereocenters. The van der Waals surface area contributed by atoms with Crippen LogP contribution < -0.4 is 10.9 Å². The normalized spacial score (nSPS) is 10.5. The zero-order valence-corrected chi connectivity index (χ0v) is 9.33. The first-order valence-corrected chi connectivity index (χ1v) is 5.20. The molecule has 2 aromatic rings. The van der Waals surface area contributed by atoms with Crippen LogP contribution in [0.4, 0.5) is 4.39 Å². The maximum atomic E-state index is 12.8. The van der Waals surface area contributed by atoms with Gasteiger partial charge in [0.2, 0.25) is 0 Å². The lowest BCUT2D eigenvalue weighted by Crippen LogP contribution is -2.14. The highest BCUT2D eigenvalue weighted by Crippen LogP contribution is 2.13. The van der Waals surface area contributed by atoms with Crippen molar-refractivity contribution in [3.8, 4) is 11.4 Å². The van der Waals surface area contributed by atoms with Crippen LogP contribution >= 0.6 is 0 Å². The minimum atomic E-state index is -0.317. The van der Waals surface area contributed by atoms with Crippen LogP contribution in [0, 0.1) is 5.82 Å². The minimum absolute atomic E-state index is 0.218. The maximum Gasteiger partial charge on any atom is 0.251 e. The zero-order valence-electron chi connectivity index (χ0n) is 9.33. The van der Waals surface area contributed by atoms with Crippen molar-refractivity contribution >= 4 is 0 Å². The topological polar surface area (TPSA) is 57.8 Å². The Bertz CT molecular complexity index is 563. The van der Waals surface area contributed by atoms with Gasteiger partial charge in [-0.05, 0) is 31.3 Å². The van der Waals surface area contributed by atoms with Crippen molar-refractivity contribution in [2.75, 3.05) is 7.05 Å². The van der Waals surface area contributed by atoms with Gasteiger partial charge in [0.15, 0.2) is 0 Å². The molecule has 5 heteroatoms. The second kappa shape index (κ2) is 4.88. The first-order valence-electron chi connectivity index (χ1n) is 5.20. The second-order valence-corrected chi connectivity index (χ2v) is 3.62. The van der Waals surface area contributed by atoms with Gasteiger partial charge >= 0.3 is 0 Å². The highest BCUT2D eigenvalue weighted by atomic mass is 19.1. The van der Waals surface area contributed by atoms with Gasteiger partial charge in [-0.2, -0.15) is 0 Å². The summed E-state index contributed by atoms with van der Waals surface area (Å²) in [5.74, 6) is 0.130. The molecule has 0 amide bonds. The predicted octanol–water partition coefficient (Wildman–Crippen LogP) is 1.30. The summed E-state index contributed by atoms with van der Waals surface area (Å²) >= 11 is 0. The molecular formula is C12H12FN3O. The molecule has 1 aromatic carbocycles. The largest absolute Gasteiger partial charge is 0.314 e. The van der Waals surface area contributed by atoms with Crippen molar-refractivity contribution in [2.45, 2.75) is 6.54 Å². The number of halogens is 1. The van der Waals surface area contributed by atoms with Crippen molar-refractivity contribution in [1.29, 1.82) is 0 Å². The lowest BCUT2D eigenvalue weighted by Gasteiger charge is -2.03. The van der Waals surface area contributed by atoms with Gasteiger partial charge in [-0.15, -0.1) is 0 Å². The average molecular weight is 233 g/mol. The Hall–Kier alpha value is -2.01. The van der Waals surface area contributed by atoms with Crippen molar-refractivity contribution in [3.05, 3.63) is 52.2 Å². The average Bonchev–Trinajstić information content (AvgIpc) is 2.29. The Morgan fingerprint density at radius 2 is 2.06 bits per heavy atom. The molecule has 0 aliphatic carbocycles. The summed E-state index contributed by atoms with van der Waals surface area (Å²) in [6, 6.07) is 7.26. The lowest BCUT2D eigenvalue weighted by molar-refractivity contribution is 0.628. The Balaban J connectivity index is 2.44. The van der Waals surface area contributed by atoms with Crippen molar-refractivity contribution < 1.29 is 4.39 Å². The van der Waals surface area contributed by atoms with Crippen LogP contribution in [0.25, 0.3) is 11.4 Å². The van der Waals surface area contributed by atoms with E-state index in [1.54, 1.807) is 19.2 Å². The number of rotatable bonds is 3. The Kier molecular flexibility index (Phi) is 3.30. The summed E-state index contributed by atoms with van der Waals surface area (Å²) in [5, 5.41) is 2.92. The van der Waals surface area contributed by atoms with Gasteiger partial charge in [-0.25, -0.2) is 9.37 Å². The molecule has 0 radical (unpaired) electrons. The number of aromatic nitrogens is 2. The number of aromatic amines is 1. The van der Waals surface area contributed by atoms with E-state index in [2.05, 4.69) is 15.3 Å². The Morgan fingerprint density at radius 3 is 2.71 bits per heavy atom. The molecular weight excluding hydrogens is 221 g/mol. The maximum absolute atomic E-state index is 12.8. The SMILES string of the molecule is CNCc1cc(=O)[nH]c(-c2ccc(F)cc2)n1. The molecule has 17 heavy (non-hydrogen) atoms. The highest BCUT2D eigenvalue weighted by Gasteiger charge is 2.03. The fourth-order valence-electron chi connectivity index (χ4n) is 1.52. The van der Waals surface area contributed by atoms with E-state index in [1.807, 2.05) is 0 Å². The summed E-state index contributed by atoms with van der Waals surface area (Å²) in [4.78, 5) is 18.3.